The van der Waals surface area contributed by atoms with Gasteiger partial charge in [-0.1, -0.05) is 71.9 Å². The van der Waals surface area contributed by atoms with Gasteiger partial charge in [-0.25, -0.2) is 9.59 Å². The average molecular weight is 715 g/mol. The molecule has 0 aliphatic heterocycles. The van der Waals surface area contributed by atoms with Crippen LogP contribution in [0.4, 0.5) is 9.59 Å². The van der Waals surface area contributed by atoms with Gasteiger partial charge in [-0.2, -0.15) is 8.42 Å². The summed E-state index contributed by atoms with van der Waals surface area (Å²) in [5.74, 6) is 1.18. The molecule has 13 nitrogen and oxygen atoms in total. The number of benzene rings is 2. The van der Waals surface area contributed by atoms with Crippen LogP contribution < -0.4 is 56.1 Å². The first-order valence-electron chi connectivity index (χ1n) is 14.1. The fourth-order valence-electron chi connectivity index (χ4n) is 3.47. The molecule has 0 saturated carbocycles. The SMILES string of the molecule is CC(C)(C)COC(=O)OCOP(=O)(OCOC(=O)OCC(C)(C)C)[C@H](CCCc1cccc(Oc2ccccc2)c1)S(=O)(=O)O.[H-].[K+]. The minimum Gasteiger partial charge on any atom is -1.00 e. The Morgan fingerprint density at radius 1 is 0.804 bits per heavy atom. The van der Waals surface area contributed by atoms with Gasteiger partial charge in [0.05, 0.1) is 13.2 Å². The van der Waals surface area contributed by atoms with Crippen molar-refractivity contribution < 1.29 is 113 Å². The van der Waals surface area contributed by atoms with E-state index in [2.05, 4.69) is 0 Å². The Morgan fingerprint density at radius 2 is 1.30 bits per heavy atom. The van der Waals surface area contributed by atoms with Gasteiger partial charge in [0.15, 0.2) is 4.99 Å². The predicted molar refractivity (Wildman–Crippen MR) is 166 cm³/mol. The van der Waals surface area contributed by atoms with Gasteiger partial charge in [0, 0.05) is 0 Å². The van der Waals surface area contributed by atoms with E-state index in [1.54, 1.807) is 36.4 Å². The largest absolute Gasteiger partial charge is 1.00 e. The van der Waals surface area contributed by atoms with E-state index in [1.165, 1.54) is 0 Å². The van der Waals surface area contributed by atoms with Gasteiger partial charge in [-0.15, -0.1) is 0 Å². The number of hydrogen-bond donors (Lipinski definition) is 1. The number of hydrogen-bond acceptors (Lipinski definition) is 12. The first-order chi connectivity index (χ1) is 20.9. The summed E-state index contributed by atoms with van der Waals surface area (Å²) in [6.45, 7) is 8.79. The van der Waals surface area contributed by atoms with Crippen LogP contribution in [0.5, 0.6) is 11.5 Å². The van der Waals surface area contributed by atoms with Crippen molar-refractivity contribution in [3.63, 3.8) is 0 Å². The minimum absolute atomic E-state index is 0. The molecule has 1 atom stereocenters. The quantitative estimate of drug-likeness (QED) is 0.0837. The molecular weight excluding hydrogens is 670 g/mol. The smallest absolute Gasteiger partial charge is 1.00 e. The normalized spacial score (nSPS) is 12.8. The topological polar surface area (TPSA) is 170 Å². The molecule has 0 heterocycles. The van der Waals surface area contributed by atoms with Gasteiger partial charge in [-0.3, -0.25) is 18.2 Å². The molecule has 16 heteroatoms. The van der Waals surface area contributed by atoms with E-state index in [0.29, 0.717) is 17.9 Å². The molecule has 254 valence electrons. The van der Waals surface area contributed by atoms with E-state index in [9.17, 15) is 27.1 Å². The van der Waals surface area contributed by atoms with E-state index >= 15 is 0 Å². The van der Waals surface area contributed by atoms with Crippen molar-refractivity contribution in [1.82, 2.24) is 0 Å². The van der Waals surface area contributed by atoms with Crippen molar-refractivity contribution in [3.8, 4) is 11.5 Å². The summed E-state index contributed by atoms with van der Waals surface area (Å²) in [5.41, 5.74) is 0.0186. The van der Waals surface area contributed by atoms with Crippen molar-refractivity contribution >= 4 is 30.0 Å². The number of carbonyl (C=O) groups excluding carboxylic acids is 2. The number of carbonyl (C=O) groups is 2. The third-order valence-electron chi connectivity index (χ3n) is 5.56. The summed E-state index contributed by atoms with van der Waals surface area (Å²) >= 11 is 0. The van der Waals surface area contributed by atoms with E-state index in [0.717, 1.165) is 5.56 Å². The molecule has 0 amide bonds. The number of ether oxygens (including phenoxy) is 5. The Labute approximate surface area is 315 Å². The van der Waals surface area contributed by atoms with E-state index in [-0.39, 0.29) is 83.3 Å². The third kappa shape index (κ3) is 17.6. The zero-order valence-corrected chi connectivity index (χ0v) is 32.3. The van der Waals surface area contributed by atoms with Crippen LogP contribution in [-0.2, 0) is 49.1 Å². The molecule has 2 aromatic rings. The van der Waals surface area contributed by atoms with Crippen LogP contribution in [0.15, 0.2) is 54.6 Å². The summed E-state index contributed by atoms with van der Waals surface area (Å²) < 4.78 is 84.2. The fraction of sp³-hybridized carbons (Fsp3) is 0.533. The molecule has 0 spiro atoms. The van der Waals surface area contributed by atoms with Gasteiger partial charge in [-0.05, 0) is 59.9 Å². The van der Waals surface area contributed by atoms with Crippen LogP contribution in [-0.4, -0.2) is 57.1 Å². The molecular formula is C30H44KO13PS. The van der Waals surface area contributed by atoms with Crippen LogP contribution in [0.25, 0.3) is 0 Å². The summed E-state index contributed by atoms with van der Waals surface area (Å²) in [7, 11) is -9.94. The molecule has 0 bridgehead atoms. The second-order valence-electron chi connectivity index (χ2n) is 12.4. The molecule has 0 saturated heterocycles. The maximum Gasteiger partial charge on any atom is 1.00 e. The molecule has 1 N–H and O–H groups in total. The fourth-order valence-corrected chi connectivity index (χ4v) is 6.91. The van der Waals surface area contributed by atoms with Crippen molar-refractivity contribution in [1.29, 1.82) is 0 Å². The first kappa shape index (κ1) is 42.5. The molecule has 0 fully saturated rings. The maximum atomic E-state index is 13.8. The summed E-state index contributed by atoms with van der Waals surface area (Å²) in [6.07, 6.45) is -2.34. The van der Waals surface area contributed by atoms with Crippen LogP contribution in [0.3, 0.4) is 0 Å². The van der Waals surface area contributed by atoms with E-state index in [1.807, 2.05) is 59.7 Å². The molecule has 2 aromatic carbocycles. The van der Waals surface area contributed by atoms with Crippen molar-refractivity contribution in [2.75, 3.05) is 26.8 Å². The molecule has 0 radical (unpaired) electrons. The zero-order chi connectivity index (χ0) is 33.7. The molecule has 0 unspecified atom stereocenters. The maximum absolute atomic E-state index is 13.8. The van der Waals surface area contributed by atoms with E-state index in [4.69, 9.17) is 32.7 Å². The number of rotatable bonds is 16. The Bertz CT molecular complexity index is 1360. The average Bonchev–Trinajstić information content (AvgIpc) is 2.92. The Balaban J connectivity index is 0.0000106. The van der Waals surface area contributed by atoms with Gasteiger partial charge < -0.3 is 25.1 Å². The van der Waals surface area contributed by atoms with Crippen molar-refractivity contribution in [2.24, 2.45) is 10.8 Å². The number of aryl methyl sites for hydroxylation is 1. The minimum atomic E-state index is -5.07. The van der Waals surface area contributed by atoms with Crippen LogP contribution in [0, 0.1) is 10.8 Å². The van der Waals surface area contributed by atoms with Crippen LogP contribution in [0.2, 0.25) is 0 Å². The molecule has 0 aromatic heterocycles. The second kappa shape index (κ2) is 19.5. The molecule has 0 aliphatic carbocycles. The van der Waals surface area contributed by atoms with E-state index < -0.39 is 55.0 Å². The van der Waals surface area contributed by atoms with Gasteiger partial charge in [0.2, 0.25) is 13.6 Å². The van der Waals surface area contributed by atoms with Gasteiger partial charge >= 0.3 is 71.3 Å². The zero-order valence-electron chi connectivity index (χ0n) is 28.4. The summed E-state index contributed by atoms with van der Waals surface area (Å²) in [4.78, 5) is 21.8. The van der Waals surface area contributed by atoms with Crippen molar-refractivity contribution in [3.05, 3.63) is 60.2 Å². The summed E-state index contributed by atoms with van der Waals surface area (Å²) in [6, 6.07) is 16.2. The monoisotopic (exact) mass is 714 g/mol. The predicted octanol–water partition coefficient (Wildman–Crippen LogP) is 4.67. The van der Waals surface area contributed by atoms with Gasteiger partial charge in [0.25, 0.3) is 10.1 Å². The third-order valence-corrected chi connectivity index (χ3v) is 9.95. The summed E-state index contributed by atoms with van der Waals surface area (Å²) in [5, 5.41) is 0. The number of para-hydroxylation sites is 1. The standard InChI is InChI=1S/C30H43O13PS.K.H/c1-29(2,3)19-37-27(31)39-21-41-44(33,42-22-40-28(32)38-20-30(4,5)6)26(45(34,35)36)17-11-13-23-12-10-16-25(18-23)43-24-14-8-7-9-15-24;;/h7-10,12,14-16,18,26H,11,13,17,19-22H2,1-6H3,(H,34,35,36);;/q;+1;-1/t26-;;/m0../s1. The van der Waals surface area contributed by atoms with Crippen molar-refractivity contribution in [2.45, 2.75) is 65.8 Å². The first-order valence-corrected chi connectivity index (χ1v) is 17.2. The molecule has 0 aliphatic rings. The van der Waals surface area contributed by atoms with Gasteiger partial charge in [0.1, 0.15) is 11.5 Å². The van der Waals surface area contributed by atoms with Crippen LogP contribution in [0.1, 0.15) is 61.4 Å². The molecule has 2 rings (SSSR count). The Hall–Kier alpha value is -1.52. The Morgan fingerprint density at radius 3 is 1.78 bits per heavy atom. The Kier molecular flexibility index (Phi) is 18.0. The second-order valence-corrected chi connectivity index (χ2v) is 16.6. The molecule has 46 heavy (non-hydrogen) atoms. The van der Waals surface area contributed by atoms with Crippen LogP contribution >= 0.6 is 7.60 Å².